The maximum atomic E-state index is 10.7. The van der Waals surface area contributed by atoms with Gasteiger partial charge in [0.2, 0.25) is 5.95 Å². The third-order valence-electron chi connectivity index (χ3n) is 4.33. The lowest BCUT2D eigenvalue weighted by molar-refractivity contribution is 0.112. The number of aldehydes is 1. The Hall–Kier alpha value is -2.27. The number of nitrogens with one attached hydrogen (secondary N) is 1. The van der Waals surface area contributed by atoms with Crippen molar-refractivity contribution in [1.82, 2.24) is 14.9 Å². The van der Waals surface area contributed by atoms with Crippen LogP contribution in [0.15, 0.2) is 42.7 Å². The van der Waals surface area contributed by atoms with E-state index in [-0.39, 0.29) is 5.54 Å². The van der Waals surface area contributed by atoms with Gasteiger partial charge in [0.1, 0.15) is 0 Å². The van der Waals surface area contributed by atoms with E-state index in [4.69, 9.17) is 0 Å². The molecule has 3 rings (SSSR count). The van der Waals surface area contributed by atoms with Crippen molar-refractivity contribution in [2.45, 2.75) is 18.4 Å². The van der Waals surface area contributed by atoms with Gasteiger partial charge in [-0.3, -0.25) is 4.79 Å². The van der Waals surface area contributed by atoms with Crippen LogP contribution in [0.4, 0.5) is 5.95 Å². The van der Waals surface area contributed by atoms with Gasteiger partial charge in [-0.25, -0.2) is 9.97 Å². The zero-order valence-electron chi connectivity index (χ0n) is 12.7. The molecule has 0 spiro atoms. The highest BCUT2D eigenvalue weighted by molar-refractivity contribution is 5.73. The predicted molar refractivity (Wildman–Crippen MR) is 85.9 cm³/mol. The van der Waals surface area contributed by atoms with E-state index in [0.29, 0.717) is 11.5 Å². The third-order valence-corrected chi connectivity index (χ3v) is 4.33. The Balaban J connectivity index is 1.90. The summed E-state index contributed by atoms with van der Waals surface area (Å²) in [5, 5.41) is 3.52. The number of hydrogen-bond donors (Lipinski definition) is 1. The zero-order valence-corrected chi connectivity index (χ0v) is 12.7. The van der Waals surface area contributed by atoms with Crippen LogP contribution in [0.5, 0.6) is 0 Å². The predicted octanol–water partition coefficient (Wildman–Crippen LogP) is 2.32. The van der Waals surface area contributed by atoms with Gasteiger partial charge in [-0.1, -0.05) is 30.3 Å². The second-order valence-corrected chi connectivity index (χ2v) is 5.83. The fraction of sp³-hybridized carbons (Fsp3) is 0.353. The first-order chi connectivity index (χ1) is 10.7. The highest BCUT2D eigenvalue weighted by Gasteiger charge is 2.35. The van der Waals surface area contributed by atoms with Crippen LogP contribution in [0.3, 0.4) is 0 Å². The van der Waals surface area contributed by atoms with Gasteiger partial charge in [0.05, 0.1) is 11.1 Å². The lowest BCUT2D eigenvalue weighted by Crippen LogP contribution is -2.46. The number of likely N-dealkylation sites (tertiary alicyclic amines) is 1. The lowest BCUT2D eigenvalue weighted by atomic mass is 9.81. The number of benzene rings is 1. The van der Waals surface area contributed by atoms with Gasteiger partial charge in [-0.05, 0) is 25.5 Å². The fourth-order valence-electron chi connectivity index (χ4n) is 2.92. The molecule has 1 aromatic carbocycles. The van der Waals surface area contributed by atoms with Gasteiger partial charge in [0.15, 0.2) is 6.29 Å². The summed E-state index contributed by atoms with van der Waals surface area (Å²) in [4.78, 5) is 21.6. The first-order valence-corrected chi connectivity index (χ1v) is 7.51. The Kier molecular flexibility index (Phi) is 4.15. The van der Waals surface area contributed by atoms with Gasteiger partial charge in [0.25, 0.3) is 0 Å². The number of anilines is 1. The SMILES string of the molecule is CN1CCC(Nc2ncc(C=O)cn2)(c2ccccc2)CC1. The molecule has 2 aromatic rings. The van der Waals surface area contributed by atoms with Gasteiger partial charge >= 0.3 is 0 Å². The summed E-state index contributed by atoms with van der Waals surface area (Å²) in [5.41, 5.74) is 1.59. The van der Waals surface area contributed by atoms with Crippen LogP contribution in [-0.2, 0) is 5.54 Å². The Labute approximate surface area is 130 Å². The molecule has 5 nitrogen and oxygen atoms in total. The smallest absolute Gasteiger partial charge is 0.223 e. The minimum atomic E-state index is -0.156. The Bertz CT molecular complexity index is 619. The van der Waals surface area contributed by atoms with Crippen molar-refractivity contribution < 1.29 is 4.79 Å². The summed E-state index contributed by atoms with van der Waals surface area (Å²) in [6, 6.07) is 10.5. The van der Waals surface area contributed by atoms with Crippen LogP contribution < -0.4 is 5.32 Å². The van der Waals surface area contributed by atoms with E-state index in [1.807, 2.05) is 6.07 Å². The zero-order chi connectivity index (χ0) is 15.4. The van der Waals surface area contributed by atoms with Gasteiger partial charge < -0.3 is 10.2 Å². The van der Waals surface area contributed by atoms with E-state index in [1.165, 1.54) is 5.56 Å². The first-order valence-electron chi connectivity index (χ1n) is 7.51. The summed E-state index contributed by atoms with van der Waals surface area (Å²) in [6.45, 7) is 2.04. The number of aromatic nitrogens is 2. The average Bonchev–Trinajstić information content (AvgIpc) is 2.59. The molecule has 5 heteroatoms. The molecule has 0 unspecified atom stereocenters. The van der Waals surface area contributed by atoms with Crippen molar-refractivity contribution in [3.63, 3.8) is 0 Å². The van der Waals surface area contributed by atoms with E-state index in [0.717, 1.165) is 32.2 Å². The standard InChI is InChI=1S/C17H20N4O/c1-21-9-7-17(8-10-21,15-5-3-2-4-6-15)20-16-18-11-14(13-22)12-19-16/h2-6,11-13H,7-10H2,1H3,(H,18,19,20). The molecule has 0 amide bonds. The molecule has 1 aromatic heterocycles. The minimum Gasteiger partial charge on any atom is -0.345 e. The lowest BCUT2D eigenvalue weighted by Gasteiger charge is -2.41. The van der Waals surface area contributed by atoms with Crippen LogP contribution in [0.25, 0.3) is 0 Å². The van der Waals surface area contributed by atoms with Crippen molar-refractivity contribution in [3.8, 4) is 0 Å². The number of piperidine rings is 1. The van der Waals surface area contributed by atoms with Gasteiger partial charge in [-0.15, -0.1) is 0 Å². The second kappa shape index (κ2) is 6.23. The Morgan fingerprint density at radius 2 is 1.77 bits per heavy atom. The van der Waals surface area contributed by atoms with Crippen LogP contribution in [0.2, 0.25) is 0 Å². The monoisotopic (exact) mass is 296 g/mol. The number of carbonyl (C=O) groups excluding carboxylic acids is 1. The first kappa shape index (κ1) is 14.7. The van der Waals surface area contributed by atoms with E-state index in [2.05, 4.69) is 51.5 Å². The van der Waals surface area contributed by atoms with Crippen molar-refractivity contribution >= 4 is 12.2 Å². The molecule has 114 valence electrons. The maximum absolute atomic E-state index is 10.7. The summed E-state index contributed by atoms with van der Waals surface area (Å²) < 4.78 is 0. The highest BCUT2D eigenvalue weighted by atomic mass is 16.1. The normalized spacial score (nSPS) is 17.9. The number of rotatable bonds is 4. The van der Waals surface area contributed by atoms with Crippen molar-refractivity contribution in [3.05, 3.63) is 53.9 Å². The van der Waals surface area contributed by atoms with E-state index in [9.17, 15) is 4.79 Å². The van der Waals surface area contributed by atoms with Crippen LogP contribution in [0, 0.1) is 0 Å². The molecular weight excluding hydrogens is 276 g/mol. The topological polar surface area (TPSA) is 58.1 Å². The molecule has 0 bridgehead atoms. The third kappa shape index (κ3) is 2.99. The van der Waals surface area contributed by atoms with Crippen molar-refractivity contribution in [2.24, 2.45) is 0 Å². The molecule has 22 heavy (non-hydrogen) atoms. The van der Waals surface area contributed by atoms with Crippen LogP contribution in [0.1, 0.15) is 28.8 Å². The molecule has 1 aliphatic rings. The summed E-state index contributed by atoms with van der Waals surface area (Å²) in [7, 11) is 2.14. The number of nitrogens with zero attached hydrogens (tertiary/aromatic N) is 3. The number of hydrogen-bond acceptors (Lipinski definition) is 5. The molecule has 0 radical (unpaired) electrons. The minimum absolute atomic E-state index is 0.156. The molecule has 1 fully saturated rings. The van der Waals surface area contributed by atoms with Crippen LogP contribution >= 0.6 is 0 Å². The number of carbonyl (C=O) groups is 1. The summed E-state index contributed by atoms with van der Waals surface area (Å²) in [6.07, 6.45) is 5.84. The highest BCUT2D eigenvalue weighted by Crippen LogP contribution is 2.35. The Morgan fingerprint density at radius 1 is 1.14 bits per heavy atom. The van der Waals surface area contributed by atoms with Crippen molar-refractivity contribution in [2.75, 3.05) is 25.5 Å². The molecule has 0 aliphatic carbocycles. The average molecular weight is 296 g/mol. The summed E-state index contributed by atoms with van der Waals surface area (Å²) >= 11 is 0. The quantitative estimate of drug-likeness (QED) is 0.878. The Morgan fingerprint density at radius 3 is 2.36 bits per heavy atom. The molecule has 1 aliphatic heterocycles. The van der Waals surface area contributed by atoms with Crippen LogP contribution in [-0.4, -0.2) is 41.3 Å². The fourth-order valence-corrected chi connectivity index (χ4v) is 2.92. The van der Waals surface area contributed by atoms with E-state index in [1.54, 1.807) is 12.4 Å². The van der Waals surface area contributed by atoms with E-state index < -0.39 is 0 Å². The summed E-state index contributed by atoms with van der Waals surface area (Å²) in [5.74, 6) is 0.569. The molecule has 0 saturated carbocycles. The molecular formula is C17H20N4O. The second-order valence-electron chi connectivity index (χ2n) is 5.83. The van der Waals surface area contributed by atoms with E-state index >= 15 is 0 Å². The molecule has 1 saturated heterocycles. The van der Waals surface area contributed by atoms with Crippen molar-refractivity contribution in [1.29, 1.82) is 0 Å². The van der Waals surface area contributed by atoms with Gasteiger partial charge in [-0.2, -0.15) is 0 Å². The maximum Gasteiger partial charge on any atom is 0.223 e. The molecule has 2 heterocycles. The molecule has 0 atom stereocenters. The van der Waals surface area contributed by atoms with Gasteiger partial charge in [0, 0.05) is 25.5 Å². The molecule has 1 N–H and O–H groups in total. The largest absolute Gasteiger partial charge is 0.345 e.